The first-order valence-corrected chi connectivity index (χ1v) is 9.24. The van der Waals surface area contributed by atoms with Crippen molar-refractivity contribution in [3.63, 3.8) is 0 Å². The first-order chi connectivity index (χ1) is 14.2. The van der Waals surface area contributed by atoms with Gasteiger partial charge in [0.05, 0.1) is 5.56 Å². The minimum atomic E-state index is 0.274. The van der Waals surface area contributed by atoms with Crippen molar-refractivity contribution < 1.29 is 14.0 Å². The lowest BCUT2D eigenvalue weighted by Crippen LogP contribution is -2.01. The molecule has 144 valence electrons. The SMILES string of the molecule is Cc1ccc(-c2noc(-c3ccc(NCc4ccc5c(c4)OCO5)nc3)n2)cc1. The fourth-order valence-corrected chi connectivity index (χ4v) is 3.03. The number of rotatable bonds is 5. The zero-order chi connectivity index (χ0) is 19.6. The molecule has 0 fully saturated rings. The summed E-state index contributed by atoms with van der Waals surface area (Å²) in [5.41, 5.74) is 3.95. The number of aryl methyl sites for hydroxylation is 1. The van der Waals surface area contributed by atoms with Crippen LogP contribution in [0.5, 0.6) is 11.5 Å². The molecular formula is C22H18N4O3. The molecule has 29 heavy (non-hydrogen) atoms. The lowest BCUT2D eigenvalue weighted by Gasteiger charge is -2.06. The van der Waals surface area contributed by atoms with Crippen molar-refractivity contribution in [2.45, 2.75) is 13.5 Å². The Morgan fingerprint density at radius 3 is 2.59 bits per heavy atom. The fourth-order valence-electron chi connectivity index (χ4n) is 3.03. The quantitative estimate of drug-likeness (QED) is 0.543. The van der Waals surface area contributed by atoms with E-state index in [9.17, 15) is 0 Å². The third-order valence-electron chi connectivity index (χ3n) is 4.66. The topological polar surface area (TPSA) is 82.3 Å². The summed E-state index contributed by atoms with van der Waals surface area (Å²) in [7, 11) is 0. The van der Waals surface area contributed by atoms with Crippen LogP contribution < -0.4 is 14.8 Å². The molecule has 0 unspecified atom stereocenters. The van der Waals surface area contributed by atoms with Crippen LogP contribution in [0.2, 0.25) is 0 Å². The zero-order valence-corrected chi connectivity index (χ0v) is 15.8. The number of hydrogen-bond donors (Lipinski definition) is 1. The van der Waals surface area contributed by atoms with E-state index in [0.29, 0.717) is 18.3 Å². The van der Waals surface area contributed by atoms with E-state index in [1.165, 1.54) is 5.56 Å². The minimum absolute atomic E-state index is 0.274. The maximum absolute atomic E-state index is 5.41. The maximum atomic E-state index is 5.41. The molecular weight excluding hydrogens is 368 g/mol. The number of fused-ring (bicyclic) bond motifs is 1. The predicted molar refractivity (Wildman–Crippen MR) is 108 cm³/mol. The fraction of sp³-hybridized carbons (Fsp3) is 0.136. The molecule has 0 bridgehead atoms. The first kappa shape index (κ1) is 17.2. The monoisotopic (exact) mass is 386 g/mol. The van der Waals surface area contributed by atoms with Gasteiger partial charge in [-0.3, -0.25) is 0 Å². The number of hydrogen-bond acceptors (Lipinski definition) is 7. The average Bonchev–Trinajstić information content (AvgIpc) is 3.42. The molecule has 4 aromatic rings. The summed E-state index contributed by atoms with van der Waals surface area (Å²) in [6.07, 6.45) is 1.72. The lowest BCUT2D eigenvalue weighted by molar-refractivity contribution is 0.174. The molecule has 2 aromatic heterocycles. The van der Waals surface area contributed by atoms with E-state index in [1.54, 1.807) is 6.20 Å². The van der Waals surface area contributed by atoms with Crippen LogP contribution in [0, 0.1) is 6.92 Å². The predicted octanol–water partition coefficient (Wildman–Crippen LogP) is 4.45. The number of ether oxygens (including phenoxy) is 2. The second kappa shape index (κ2) is 7.27. The molecule has 1 aliphatic heterocycles. The summed E-state index contributed by atoms with van der Waals surface area (Å²) >= 11 is 0. The molecule has 2 aromatic carbocycles. The summed E-state index contributed by atoms with van der Waals surface area (Å²) < 4.78 is 16.1. The highest BCUT2D eigenvalue weighted by Crippen LogP contribution is 2.32. The smallest absolute Gasteiger partial charge is 0.259 e. The number of benzene rings is 2. The summed E-state index contributed by atoms with van der Waals surface area (Å²) in [6, 6.07) is 17.7. The van der Waals surface area contributed by atoms with Crippen LogP contribution in [0.4, 0.5) is 5.82 Å². The Morgan fingerprint density at radius 1 is 0.931 bits per heavy atom. The molecule has 1 aliphatic rings. The molecule has 5 rings (SSSR count). The van der Waals surface area contributed by atoms with Crippen LogP contribution >= 0.6 is 0 Å². The number of pyridine rings is 1. The molecule has 7 heteroatoms. The minimum Gasteiger partial charge on any atom is -0.454 e. The third kappa shape index (κ3) is 3.62. The summed E-state index contributed by atoms with van der Waals surface area (Å²) in [4.78, 5) is 8.91. The van der Waals surface area contributed by atoms with E-state index in [-0.39, 0.29) is 6.79 Å². The Bertz CT molecular complexity index is 1140. The standard InChI is InChI=1S/C22H18N4O3/c1-14-2-5-16(6-3-14)21-25-22(29-26-21)17-7-9-20(24-12-17)23-11-15-4-8-18-19(10-15)28-13-27-18/h2-10,12H,11,13H2,1H3,(H,23,24). The first-order valence-electron chi connectivity index (χ1n) is 9.24. The van der Waals surface area contributed by atoms with Gasteiger partial charge in [0.25, 0.3) is 5.89 Å². The van der Waals surface area contributed by atoms with Crippen LogP contribution in [0.3, 0.4) is 0 Å². The molecule has 0 aliphatic carbocycles. The van der Waals surface area contributed by atoms with Crippen molar-refractivity contribution in [2.75, 3.05) is 12.1 Å². The van der Waals surface area contributed by atoms with Gasteiger partial charge in [0.1, 0.15) is 5.82 Å². The van der Waals surface area contributed by atoms with Gasteiger partial charge in [0.2, 0.25) is 12.6 Å². The van der Waals surface area contributed by atoms with Crippen molar-refractivity contribution >= 4 is 5.82 Å². The van der Waals surface area contributed by atoms with E-state index in [2.05, 4.69) is 20.4 Å². The van der Waals surface area contributed by atoms with Gasteiger partial charge >= 0.3 is 0 Å². The molecule has 0 atom stereocenters. The second-order valence-electron chi connectivity index (χ2n) is 6.76. The van der Waals surface area contributed by atoms with Gasteiger partial charge in [0.15, 0.2) is 11.5 Å². The van der Waals surface area contributed by atoms with Gasteiger partial charge in [-0.1, -0.05) is 41.1 Å². The maximum Gasteiger partial charge on any atom is 0.259 e. The van der Waals surface area contributed by atoms with Gasteiger partial charge in [-0.25, -0.2) is 4.98 Å². The van der Waals surface area contributed by atoms with Crippen LogP contribution in [-0.4, -0.2) is 21.9 Å². The Morgan fingerprint density at radius 2 is 1.76 bits per heavy atom. The highest BCUT2D eigenvalue weighted by molar-refractivity contribution is 5.60. The van der Waals surface area contributed by atoms with Gasteiger partial charge in [-0.15, -0.1) is 0 Å². The summed E-state index contributed by atoms with van der Waals surface area (Å²) in [5, 5.41) is 7.36. The van der Waals surface area contributed by atoms with Gasteiger partial charge < -0.3 is 19.3 Å². The Hall–Kier alpha value is -3.87. The van der Waals surface area contributed by atoms with Crippen LogP contribution in [0.1, 0.15) is 11.1 Å². The largest absolute Gasteiger partial charge is 0.454 e. The third-order valence-corrected chi connectivity index (χ3v) is 4.66. The Balaban J connectivity index is 1.26. The lowest BCUT2D eigenvalue weighted by atomic mass is 10.1. The zero-order valence-electron chi connectivity index (χ0n) is 15.8. The van der Waals surface area contributed by atoms with E-state index in [1.807, 2.05) is 61.5 Å². The molecule has 0 saturated heterocycles. The number of nitrogens with one attached hydrogen (secondary N) is 1. The van der Waals surface area contributed by atoms with Crippen LogP contribution in [0.25, 0.3) is 22.8 Å². The highest BCUT2D eigenvalue weighted by Gasteiger charge is 2.13. The second-order valence-corrected chi connectivity index (χ2v) is 6.76. The van der Waals surface area contributed by atoms with Crippen molar-refractivity contribution in [3.05, 3.63) is 71.9 Å². The molecule has 0 radical (unpaired) electrons. The Labute approximate surface area is 167 Å². The van der Waals surface area contributed by atoms with E-state index in [4.69, 9.17) is 14.0 Å². The number of aromatic nitrogens is 3. The van der Waals surface area contributed by atoms with E-state index < -0.39 is 0 Å². The van der Waals surface area contributed by atoms with Gasteiger partial charge in [0, 0.05) is 18.3 Å². The number of nitrogens with zero attached hydrogens (tertiary/aromatic N) is 3. The van der Waals surface area contributed by atoms with Crippen LogP contribution in [-0.2, 0) is 6.54 Å². The van der Waals surface area contributed by atoms with E-state index >= 15 is 0 Å². The molecule has 0 spiro atoms. The van der Waals surface area contributed by atoms with Crippen molar-refractivity contribution in [1.82, 2.24) is 15.1 Å². The van der Waals surface area contributed by atoms with E-state index in [0.717, 1.165) is 34.0 Å². The van der Waals surface area contributed by atoms with Crippen molar-refractivity contribution in [2.24, 2.45) is 0 Å². The molecule has 7 nitrogen and oxygen atoms in total. The van der Waals surface area contributed by atoms with Gasteiger partial charge in [-0.05, 0) is 36.8 Å². The average molecular weight is 386 g/mol. The molecule has 0 amide bonds. The van der Waals surface area contributed by atoms with Gasteiger partial charge in [-0.2, -0.15) is 4.98 Å². The van der Waals surface area contributed by atoms with Crippen LogP contribution in [0.15, 0.2) is 65.3 Å². The number of anilines is 1. The molecule has 1 N–H and O–H groups in total. The molecule has 3 heterocycles. The summed E-state index contributed by atoms with van der Waals surface area (Å²) in [5.74, 6) is 3.30. The van der Waals surface area contributed by atoms with Crippen molar-refractivity contribution in [3.8, 4) is 34.3 Å². The highest BCUT2D eigenvalue weighted by atomic mass is 16.7. The normalized spacial score (nSPS) is 12.2. The Kier molecular flexibility index (Phi) is 4.32. The van der Waals surface area contributed by atoms with Crippen molar-refractivity contribution in [1.29, 1.82) is 0 Å². The molecule has 0 saturated carbocycles. The summed E-state index contributed by atoms with van der Waals surface area (Å²) in [6.45, 7) is 2.94.